The van der Waals surface area contributed by atoms with Crippen LogP contribution in [0.5, 0.6) is 0 Å². The van der Waals surface area contributed by atoms with Crippen LogP contribution in [-0.2, 0) is 10.0 Å². The highest BCUT2D eigenvalue weighted by atomic mass is 32.2. The Bertz CT molecular complexity index is 794. The van der Waals surface area contributed by atoms with Crippen molar-refractivity contribution in [1.82, 2.24) is 0 Å². The molecule has 0 unspecified atom stereocenters. The zero-order chi connectivity index (χ0) is 16.9. The van der Waals surface area contributed by atoms with Gasteiger partial charge in [0.2, 0.25) is 10.0 Å². The van der Waals surface area contributed by atoms with E-state index in [4.69, 9.17) is 5.14 Å². The van der Waals surface area contributed by atoms with Crippen LogP contribution in [0.15, 0.2) is 53.4 Å². The molecular formula is C14H16N4O4S. The lowest BCUT2D eigenvalue weighted by molar-refractivity contribution is -0.384. The highest BCUT2D eigenvalue weighted by Crippen LogP contribution is 2.26. The van der Waals surface area contributed by atoms with Gasteiger partial charge in [-0.1, -0.05) is 18.2 Å². The Morgan fingerprint density at radius 1 is 1.04 bits per heavy atom. The summed E-state index contributed by atoms with van der Waals surface area (Å²) in [6.45, 7) is 0.961. The van der Waals surface area contributed by atoms with Crippen LogP contribution in [0.2, 0.25) is 0 Å². The third kappa shape index (κ3) is 4.66. The number of hydrogen-bond acceptors (Lipinski definition) is 6. The predicted molar refractivity (Wildman–Crippen MR) is 87.9 cm³/mol. The molecule has 0 aliphatic carbocycles. The van der Waals surface area contributed by atoms with Gasteiger partial charge in [-0.2, -0.15) is 0 Å². The van der Waals surface area contributed by atoms with Crippen LogP contribution in [0.3, 0.4) is 0 Å². The lowest BCUT2D eigenvalue weighted by Gasteiger charge is -2.10. The maximum absolute atomic E-state index is 11.3. The molecular weight excluding hydrogens is 320 g/mol. The van der Waals surface area contributed by atoms with Gasteiger partial charge in [-0.05, 0) is 24.3 Å². The summed E-state index contributed by atoms with van der Waals surface area (Å²) in [5.74, 6) is 0. The van der Waals surface area contributed by atoms with Crippen LogP contribution in [0, 0.1) is 10.1 Å². The lowest BCUT2D eigenvalue weighted by Crippen LogP contribution is -2.15. The fourth-order valence-corrected chi connectivity index (χ4v) is 2.48. The highest BCUT2D eigenvalue weighted by Gasteiger charge is 2.18. The molecule has 2 rings (SSSR count). The van der Waals surface area contributed by atoms with Gasteiger partial charge in [-0.15, -0.1) is 0 Å². The normalized spacial score (nSPS) is 11.0. The van der Waals surface area contributed by atoms with E-state index in [-0.39, 0.29) is 16.3 Å². The van der Waals surface area contributed by atoms with Crippen LogP contribution in [-0.4, -0.2) is 26.4 Å². The zero-order valence-corrected chi connectivity index (χ0v) is 12.9. The molecule has 0 amide bonds. The molecule has 8 nitrogen and oxygen atoms in total. The molecule has 0 saturated carbocycles. The number of nitrogens with two attached hydrogens (primary N) is 1. The van der Waals surface area contributed by atoms with Crippen LogP contribution in [0.25, 0.3) is 0 Å². The fraction of sp³-hybridized carbons (Fsp3) is 0.143. The summed E-state index contributed by atoms with van der Waals surface area (Å²) in [6.07, 6.45) is 0. The number of nitrogens with one attached hydrogen (secondary N) is 2. The van der Waals surface area contributed by atoms with Crippen molar-refractivity contribution in [2.75, 3.05) is 23.7 Å². The number of rotatable bonds is 7. The largest absolute Gasteiger partial charge is 0.383 e. The van der Waals surface area contributed by atoms with Crippen molar-refractivity contribution in [3.05, 3.63) is 58.6 Å². The molecule has 0 saturated heterocycles. The summed E-state index contributed by atoms with van der Waals surface area (Å²) in [6, 6.07) is 13.0. The number of sulfonamides is 1. The monoisotopic (exact) mass is 336 g/mol. The van der Waals surface area contributed by atoms with E-state index in [9.17, 15) is 18.5 Å². The summed E-state index contributed by atoms with van der Waals surface area (Å²) >= 11 is 0. The molecule has 0 aromatic heterocycles. The summed E-state index contributed by atoms with van der Waals surface area (Å²) in [5, 5.41) is 22.1. The standard InChI is InChI=1S/C14H16N4O4S/c15-23(21,22)12-6-7-13(14(10-12)18(19)20)17-9-8-16-11-4-2-1-3-5-11/h1-7,10,16-17H,8-9H2,(H2,15,21,22). The van der Waals surface area contributed by atoms with Gasteiger partial charge in [0.15, 0.2) is 0 Å². The number of anilines is 2. The predicted octanol–water partition coefficient (Wildman–Crippen LogP) is 1.77. The number of nitrogens with zero attached hydrogens (tertiary/aromatic N) is 1. The first kappa shape index (κ1) is 16.7. The van der Waals surface area contributed by atoms with E-state index in [1.54, 1.807) is 0 Å². The Labute approximate surface area is 133 Å². The minimum atomic E-state index is -3.98. The van der Waals surface area contributed by atoms with E-state index in [1.165, 1.54) is 12.1 Å². The average molecular weight is 336 g/mol. The SMILES string of the molecule is NS(=O)(=O)c1ccc(NCCNc2ccccc2)c([N+](=O)[O-])c1. The van der Waals surface area contributed by atoms with Crippen LogP contribution >= 0.6 is 0 Å². The van der Waals surface area contributed by atoms with E-state index in [2.05, 4.69) is 10.6 Å². The Balaban J connectivity index is 2.03. The second kappa shape index (κ2) is 7.07. The van der Waals surface area contributed by atoms with E-state index in [1.807, 2.05) is 30.3 Å². The molecule has 0 heterocycles. The van der Waals surface area contributed by atoms with Crippen molar-refractivity contribution in [1.29, 1.82) is 0 Å². The van der Waals surface area contributed by atoms with Crippen LogP contribution in [0.4, 0.5) is 17.1 Å². The first-order valence-corrected chi connectivity index (χ1v) is 8.26. The third-order valence-corrected chi connectivity index (χ3v) is 3.95. The minimum absolute atomic E-state index is 0.234. The number of nitro benzene ring substituents is 1. The number of hydrogen-bond donors (Lipinski definition) is 3. The molecule has 23 heavy (non-hydrogen) atoms. The number of primary sulfonamides is 1. The fourth-order valence-electron chi connectivity index (χ4n) is 1.95. The Kier molecular flexibility index (Phi) is 5.14. The Morgan fingerprint density at radius 2 is 1.70 bits per heavy atom. The van der Waals surface area contributed by atoms with Gasteiger partial charge in [0.1, 0.15) is 5.69 Å². The minimum Gasteiger partial charge on any atom is -0.383 e. The van der Waals surface area contributed by atoms with Crippen molar-refractivity contribution in [2.45, 2.75) is 4.90 Å². The second-order valence-corrected chi connectivity index (χ2v) is 6.26. The summed E-state index contributed by atoms with van der Waals surface area (Å²) < 4.78 is 22.5. The molecule has 4 N–H and O–H groups in total. The van der Waals surface area contributed by atoms with Crippen LogP contribution in [0.1, 0.15) is 0 Å². The topological polar surface area (TPSA) is 127 Å². The van der Waals surface area contributed by atoms with Crippen molar-refractivity contribution in [3.8, 4) is 0 Å². The van der Waals surface area contributed by atoms with Crippen LogP contribution < -0.4 is 15.8 Å². The zero-order valence-electron chi connectivity index (χ0n) is 12.1. The van der Waals surface area contributed by atoms with Gasteiger partial charge in [0, 0.05) is 24.8 Å². The average Bonchev–Trinajstić information content (AvgIpc) is 2.51. The van der Waals surface area contributed by atoms with E-state index in [0.29, 0.717) is 13.1 Å². The van der Waals surface area contributed by atoms with Gasteiger partial charge in [-0.3, -0.25) is 10.1 Å². The van der Waals surface area contributed by atoms with Crippen molar-refractivity contribution in [2.24, 2.45) is 5.14 Å². The maximum atomic E-state index is 11.3. The maximum Gasteiger partial charge on any atom is 0.293 e. The van der Waals surface area contributed by atoms with Gasteiger partial charge >= 0.3 is 0 Å². The third-order valence-electron chi connectivity index (χ3n) is 3.04. The van der Waals surface area contributed by atoms with Gasteiger partial charge in [0.25, 0.3) is 5.69 Å². The molecule has 0 radical (unpaired) electrons. The summed E-state index contributed by atoms with van der Waals surface area (Å²) in [4.78, 5) is 10.1. The molecule has 0 aliphatic rings. The Hall–Kier alpha value is -2.65. The summed E-state index contributed by atoms with van der Waals surface area (Å²) in [7, 11) is -3.98. The molecule has 0 fully saturated rings. The van der Waals surface area contributed by atoms with Gasteiger partial charge < -0.3 is 10.6 Å². The van der Waals surface area contributed by atoms with E-state index >= 15 is 0 Å². The van der Waals surface area contributed by atoms with Crippen molar-refractivity contribution >= 4 is 27.1 Å². The molecule has 122 valence electrons. The molecule has 0 atom stereocenters. The van der Waals surface area contributed by atoms with Gasteiger partial charge in [-0.25, -0.2) is 13.6 Å². The number of benzene rings is 2. The van der Waals surface area contributed by atoms with Crippen molar-refractivity contribution in [3.63, 3.8) is 0 Å². The first-order chi connectivity index (χ1) is 10.9. The smallest absolute Gasteiger partial charge is 0.293 e. The van der Waals surface area contributed by atoms with E-state index in [0.717, 1.165) is 11.8 Å². The molecule has 2 aromatic carbocycles. The van der Waals surface area contributed by atoms with E-state index < -0.39 is 14.9 Å². The quantitative estimate of drug-likeness (QED) is 0.402. The molecule has 0 spiro atoms. The Morgan fingerprint density at radius 3 is 2.30 bits per heavy atom. The lowest BCUT2D eigenvalue weighted by atomic mass is 10.2. The summed E-state index contributed by atoms with van der Waals surface area (Å²) in [5.41, 5.74) is 0.835. The number of para-hydroxylation sites is 1. The highest BCUT2D eigenvalue weighted by molar-refractivity contribution is 7.89. The molecule has 0 aliphatic heterocycles. The molecule has 0 bridgehead atoms. The van der Waals surface area contributed by atoms with Crippen molar-refractivity contribution < 1.29 is 13.3 Å². The first-order valence-electron chi connectivity index (χ1n) is 6.72. The number of nitro groups is 1. The van der Waals surface area contributed by atoms with Gasteiger partial charge in [0.05, 0.1) is 9.82 Å². The molecule has 9 heteroatoms. The molecule has 2 aromatic rings. The second-order valence-electron chi connectivity index (χ2n) is 4.70.